The van der Waals surface area contributed by atoms with Crippen LogP contribution in [0.25, 0.3) is 0 Å². The summed E-state index contributed by atoms with van der Waals surface area (Å²) >= 11 is 5.89. The first kappa shape index (κ1) is 14.1. The predicted molar refractivity (Wildman–Crippen MR) is 80.0 cm³/mol. The van der Waals surface area contributed by atoms with Gasteiger partial charge < -0.3 is 9.64 Å². The van der Waals surface area contributed by atoms with Crippen molar-refractivity contribution in [1.29, 1.82) is 0 Å². The SMILES string of the molecule is CC(C)c1cc(F)ccc1N1CCOc2cnc(Cl)nc21. The number of halogens is 2. The molecule has 1 aromatic heterocycles. The molecular weight excluding hydrogens is 293 g/mol. The van der Waals surface area contributed by atoms with Gasteiger partial charge in [0.2, 0.25) is 5.28 Å². The molecule has 0 amide bonds. The quantitative estimate of drug-likeness (QED) is 0.788. The van der Waals surface area contributed by atoms with Crippen LogP contribution in [0.15, 0.2) is 24.4 Å². The van der Waals surface area contributed by atoms with Gasteiger partial charge in [-0.2, -0.15) is 4.98 Å². The van der Waals surface area contributed by atoms with Crippen molar-refractivity contribution in [2.75, 3.05) is 18.1 Å². The summed E-state index contributed by atoms with van der Waals surface area (Å²) < 4.78 is 19.1. The summed E-state index contributed by atoms with van der Waals surface area (Å²) in [4.78, 5) is 10.2. The number of fused-ring (bicyclic) bond motifs is 1. The fourth-order valence-corrected chi connectivity index (χ4v) is 2.59. The molecule has 2 aromatic rings. The fraction of sp³-hybridized carbons (Fsp3) is 0.333. The molecule has 1 aliphatic rings. The summed E-state index contributed by atoms with van der Waals surface area (Å²) in [5.74, 6) is 1.16. The summed E-state index contributed by atoms with van der Waals surface area (Å²) in [6.07, 6.45) is 1.56. The second kappa shape index (κ2) is 5.48. The fourth-order valence-electron chi connectivity index (χ4n) is 2.46. The minimum absolute atomic E-state index is 0.164. The third-order valence-electron chi connectivity index (χ3n) is 3.44. The zero-order valence-electron chi connectivity index (χ0n) is 11.8. The molecule has 0 spiro atoms. The molecule has 0 saturated carbocycles. The Kier molecular flexibility index (Phi) is 3.68. The van der Waals surface area contributed by atoms with E-state index in [0.717, 1.165) is 11.3 Å². The van der Waals surface area contributed by atoms with Crippen LogP contribution in [0.5, 0.6) is 5.75 Å². The summed E-state index contributed by atoms with van der Waals surface area (Å²) in [7, 11) is 0. The Hall–Kier alpha value is -1.88. The lowest BCUT2D eigenvalue weighted by molar-refractivity contribution is 0.310. The highest BCUT2D eigenvalue weighted by Gasteiger charge is 2.24. The second-order valence-corrected chi connectivity index (χ2v) is 5.52. The van der Waals surface area contributed by atoms with Gasteiger partial charge in [-0.3, -0.25) is 0 Å². The summed E-state index contributed by atoms with van der Waals surface area (Å²) in [6.45, 7) is 5.22. The molecule has 1 aromatic carbocycles. The molecule has 0 unspecified atom stereocenters. The van der Waals surface area contributed by atoms with Crippen LogP contribution in [0.1, 0.15) is 25.3 Å². The molecule has 2 heterocycles. The molecule has 6 heteroatoms. The van der Waals surface area contributed by atoms with E-state index in [0.29, 0.717) is 24.7 Å². The van der Waals surface area contributed by atoms with Gasteiger partial charge in [0.25, 0.3) is 0 Å². The van der Waals surface area contributed by atoms with Crippen LogP contribution in [0.2, 0.25) is 5.28 Å². The molecule has 110 valence electrons. The van der Waals surface area contributed by atoms with Gasteiger partial charge >= 0.3 is 0 Å². The van der Waals surface area contributed by atoms with E-state index in [2.05, 4.69) is 9.97 Å². The predicted octanol–water partition coefficient (Wildman–Crippen LogP) is 3.92. The van der Waals surface area contributed by atoms with Crippen molar-refractivity contribution in [1.82, 2.24) is 9.97 Å². The number of ether oxygens (including phenoxy) is 1. The van der Waals surface area contributed by atoms with Gasteiger partial charge in [0.05, 0.1) is 12.7 Å². The summed E-state index contributed by atoms with van der Waals surface area (Å²) in [5.41, 5.74) is 1.85. The third-order valence-corrected chi connectivity index (χ3v) is 3.62. The van der Waals surface area contributed by atoms with Gasteiger partial charge in [-0.1, -0.05) is 13.8 Å². The molecule has 0 bridgehead atoms. The maximum atomic E-state index is 13.5. The Bertz CT molecular complexity index is 678. The Morgan fingerprint density at radius 3 is 2.95 bits per heavy atom. The lowest BCUT2D eigenvalue weighted by atomic mass is 10.00. The minimum atomic E-state index is -0.239. The average molecular weight is 308 g/mol. The monoisotopic (exact) mass is 307 g/mol. The van der Waals surface area contributed by atoms with Crippen molar-refractivity contribution in [3.05, 3.63) is 41.1 Å². The van der Waals surface area contributed by atoms with Crippen molar-refractivity contribution in [2.45, 2.75) is 19.8 Å². The van der Waals surface area contributed by atoms with Gasteiger partial charge in [0.1, 0.15) is 12.4 Å². The highest BCUT2D eigenvalue weighted by atomic mass is 35.5. The Balaban J connectivity index is 2.13. The molecule has 0 N–H and O–H groups in total. The van der Waals surface area contributed by atoms with E-state index < -0.39 is 0 Å². The molecule has 0 saturated heterocycles. The molecule has 4 nitrogen and oxygen atoms in total. The lowest BCUT2D eigenvalue weighted by Crippen LogP contribution is -2.30. The lowest BCUT2D eigenvalue weighted by Gasteiger charge is -2.32. The standard InChI is InChI=1S/C15H15ClFN3O/c1-9(2)11-7-10(17)3-4-12(11)20-5-6-21-13-8-18-15(16)19-14(13)20/h3-4,7-9H,5-6H2,1-2H3. The van der Waals surface area contributed by atoms with Gasteiger partial charge in [-0.05, 0) is 41.3 Å². The van der Waals surface area contributed by atoms with Crippen LogP contribution < -0.4 is 9.64 Å². The van der Waals surface area contributed by atoms with Crippen LogP contribution in [-0.2, 0) is 0 Å². The van der Waals surface area contributed by atoms with E-state index in [1.807, 2.05) is 18.7 Å². The van der Waals surface area contributed by atoms with Gasteiger partial charge in [-0.25, -0.2) is 9.37 Å². The maximum absolute atomic E-state index is 13.5. The Morgan fingerprint density at radius 2 is 2.19 bits per heavy atom. The number of benzene rings is 1. The van der Waals surface area contributed by atoms with Crippen molar-refractivity contribution < 1.29 is 9.13 Å². The number of hydrogen-bond acceptors (Lipinski definition) is 4. The van der Waals surface area contributed by atoms with Crippen LogP contribution in [0.4, 0.5) is 15.9 Å². The summed E-state index contributed by atoms with van der Waals surface area (Å²) in [5, 5.41) is 0.164. The van der Waals surface area contributed by atoms with E-state index >= 15 is 0 Å². The molecular formula is C15H15ClFN3O. The minimum Gasteiger partial charge on any atom is -0.486 e. The van der Waals surface area contributed by atoms with E-state index in [9.17, 15) is 4.39 Å². The number of hydrogen-bond donors (Lipinski definition) is 0. The molecule has 1 aliphatic heterocycles. The molecule has 21 heavy (non-hydrogen) atoms. The van der Waals surface area contributed by atoms with E-state index in [1.54, 1.807) is 18.3 Å². The van der Waals surface area contributed by atoms with Gasteiger partial charge in [0, 0.05) is 5.69 Å². The van der Waals surface area contributed by atoms with Crippen LogP contribution in [-0.4, -0.2) is 23.1 Å². The highest BCUT2D eigenvalue weighted by Crippen LogP contribution is 2.38. The van der Waals surface area contributed by atoms with Crippen molar-refractivity contribution in [3.8, 4) is 5.75 Å². The number of anilines is 2. The average Bonchev–Trinajstić information content (AvgIpc) is 2.46. The first-order valence-electron chi connectivity index (χ1n) is 6.78. The smallest absolute Gasteiger partial charge is 0.224 e. The number of nitrogens with zero attached hydrogens (tertiary/aromatic N) is 3. The van der Waals surface area contributed by atoms with Crippen molar-refractivity contribution >= 4 is 23.1 Å². The third kappa shape index (κ3) is 2.65. The zero-order valence-corrected chi connectivity index (χ0v) is 12.6. The highest BCUT2D eigenvalue weighted by molar-refractivity contribution is 6.28. The van der Waals surface area contributed by atoms with Crippen LogP contribution in [0, 0.1) is 5.82 Å². The number of aromatic nitrogens is 2. The molecule has 0 radical (unpaired) electrons. The first-order valence-corrected chi connectivity index (χ1v) is 7.16. The van der Waals surface area contributed by atoms with Gasteiger partial charge in [-0.15, -0.1) is 0 Å². The Labute approximate surface area is 127 Å². The van der Waals surface area contributed by atoms with E-state index in [-0.39, 0.29) is 17.0 Å². The molecule has 0 fully saturated rings. The van der Waals surface area contributed by atoms with Crippen LogP contribution >= 0.6 is 11.6 Å². The molecule has 0 atom stereocenters. The normalized spacial score (nSPS) is 14.0. The van der Waals surface area contributed by atoms with Gasteiger partial charge in [0.15, 0.2) is 11.6 Å². The number of rotatable bonds is 2. The molecule has 0 aliphatic carbocycles. The van der Waals surface area contributed by atoms with E-state index in [1.165, 1.54) is 6.07 Å². The van der Waals surface area contributed by atoms with E-state index in [4.69, 9.17) is 16.3 Å². The van der Waals surface area contributed by atoms with Crippen LogP contribution in [0.3, 0.4) is 0 Å². The topological polar surface area (TPSA) is 38.2 Å². The Morgan fingerprint density at radius 1 is 1.38 bits per heavy atom. The van der Waals surface area contributed by atoms with Crippen molar-refractivity contribution in [2.24, 2.45) is 0 Å². The van der Waals surface area contributed by atoms with Crippen molar-refractivity contribution in [3.63, 3.8) is 0 Å². The second-order valence-electron chi connectivity index (χ2n) is 5.18. The largest absolute Gasteiger partial charge is 0.486 e. The maximum Gasteiger partial charge on any atom is 0.224 e. The molecule has 3 rings (SSSR count). The summed E-state index contributed by atoms with van der Waals surface area (Å²) in [6, 6.07) is 4.80. The first-order chi connectivity index (χ1) is 10.1. The zero-order chi connectivity index (χ0) is 15.0.